The molecular formula is C12H18ClNO3. The molecule has 0 spiro atoms. The predicted octanol–water partition coefficient (Wildman–Crippen LogP) is 2.13. The molecule has 1 aromatic rings. The number of halogens is 1. The maximum Gasteiger partial charge on any atom is 0.162 e. The zero-order valence-electron chi connectivity index (χ0n) is 10.4. The second-order valence-corrected chi connectivity index (χ2v) is 4.28. The van der Waals surface area contributed by atoms with Gasteiger partial charge in [-0.05, 0) is 13.1 Å². The first kappa shape index (κ1) is 14.1. The zero-order chi connectivity index (χ0) is 12.8. The van der Waals surface area contributed by atoms with Crippen LogP contribution in [0.2, 0.25) is 5.02 Å². The fourth-order valence-electron chi connectivity index (χ4n) is 1.52. The predicted molar refractivity (Wildman–Crippen MR) is 67.9 cm³/mol. The van der Waals surface area contributed by atoms with Gasteiger partial charge < -0.3 is 14.6 Å². The van der Waals surface area contributed by atoms with Crippen molar-refractivity contribution in [1.82, 2.24) is 4.90 Å². The Labute approximate surface area is 107 Å². The lowest BCUT2D eigenvalue weighted by molar-refractivity contribution is 0.158. The van der Waals surface area contributed by atoms with E-state index in [2.05, 4.69) is 0 Å². The summed E-state index contributed by atoms with van der Waals surface area (Å²) in [6.07, 6.45) is 0. The summed E-state index contributed by atoms with van der Waals surface area (Å²) in [6.45, 7) is 2.02. The summed E-state index contributed by atoms with van der Waals surface area (Å²) in [5.74, 6) is 0.536. The van der Waals surface area contributed by atoms with Gasteiger partial charge in [0.1, 0.15) is 0 Å². The molecule has 1 aromatic carbocycles. The highest BCUT2D eigenvalue weighted by Crippen LogP contribution is 2.33. The van der Waals surface area contributed by atoms with E-state index in [0.717, 1.165) is 12.1 Å². The molecule has 0 fully saturated rings. The third-order valence-corrected chi connectivity index (χ3v) is 2.67. The SMILES string of the molecule is COCCN(C)Cc1cc(Cl)cc(OC)c1O. The number of likely N-dealkylation sites (N-methyl/N-ethyl adjacent to an activating group) is 1. The Balaban J connectivity index is 2.79. The highest BCUT2D eigenvalue weighted by Gasteiger charge is 2.11. The molecule has 0 aliphatic heterocycles. The highest BCUT2D eigenvalue weighted by molar-refractivity contribution is 6.30. The Morgan fingerprint density at radius 1 is 1.35 bits per heavy atom. The molecule has 0 aromatic heterocycles. The maximum absolute atomic E-state index is 9.95. The summed E-state index contributed by atoms with van der Waals surface area (Å²) in [6, 6.07) is 3.33. The van der Waals surface area contributed by atoms with Crippen LogP contribution in [-0.2, 0) is 11.3 Å². The monoisotopic (exact) mass is 259 g/mol. The minimum Gasteiger partial charge on any atom is -0.504 e. The van der Waals surface area contributed by atoms with Crippen molar-refractivity contribution in [3.8, 4) is 11.5 Å². The first-order valence-corrected chi connectivity index (χ1v) is 5.69. The molecule has 4 nitrogen and oxygen atoms in total. The lowest BCUT2D eigenvalue weighted by atomic mass is 10.1. The van der Waals surface area contributed by atoms with Gasteiger partial charge in [0.05, 0.1) is 13.7 Å². The van der Waals surface area contributed by atoms with Crippen molar-refractivity contribution < 1.29 is 14.6 Å². The number of phenols is 1. The molecule has 0 amide bonds. The van der Waals surface area contributed by atoms with E-state index in [-0.39, 0.29) is 5.75 Å². The van der Waals surface area contributed by atoms with Gasteiger partial charge in [0.15, 0.2) is 11.5 Å². The van der Waals surface area contributed by atoms with Crippen LogP contribution in [0.25, 0.3) is 0 Å². The highest BCUT2D eigenvalue weighted by atomic mass is 35.5. The quantitative estimate of drug-likeness (QED) is 0.850. The van der Waals surface area contributed by atoms with Crippen LogP contribution in [0.15, 0.2) is 12.1 Å². The largest absolute Gasteiger partial charge is 0.504 e. The first-order valence-electron chi connectivity index (χ1n) is 5.31. The van der Waals surface area contributed by atoms with Crippen LogP contribution in [0.4, 0.5) is 0 Å². The number of hydrogen-bond donors (Lipinski definition) is 1. The topological polar surface area (TPSA) is 41.9 Å². The van der Waals surface area contributed by atoms with E-state index in [4.69, 9.17) is 21.1 Å². The van der Waals surface area contributed by atoms with Gasteiger partial charge in [-0.2, -0.15) is 0 Å². The number of aromatic hydroxyl groups is 1. The normalized spacial score (nSPS) is 10.9. The van der Waals surface area contributed by atoms with Gasteiger partial charge in [-0.25, -0.2) is 0 Å². The number of phenolic OH excluding ortho intramolecular Hbond substituents is 1. The Morgan fingerprint density at radius 3 is 2.65 bits per heavy atom. The minimum atomic E-state index is 0.140. The molecule has 0 saturated carbocycles. The second-order valence-electron chi connectivity index (χ2n) is 3.85. The molecule has 0 aliphatic rings. The van der Waals surface area contributed by atoms with Crippen molar-refractivity contribution in [2.24, 2.45) is 0 Å². The van der Waals surface area contributed by atoms with Crippen LogP contribution in [0.1, 0.15) is 5.56 Å². The van der Waals surface area contributed by atoms with Crippen molar-refractivity contribution in [2.75, 3.05) is 34.4 Å². The lowest BCUT2D eigenvalue weighted by Crippen LogP contribution is -2.22. The number of methoxy groups -OCH3 is 2. The van der Waals surface area contributed by atoms with Crippen LogP contribution in [0.5, 0.6) is 11.5 Å². The average molecular weight is 260 g/mol. The smallest absolute Gasteiger partial charge is 0.162 e. The molecule has 96 valence electrons. The van der Waals surface area contributed by atoms with Gasteiger partial charge in [-0.1, -0.05) is 11.6 Å². The van der Waals surface area contributed by atoms with Gasteiger partial charge >= 0.3 is 0 Å². The molecule has 0 aliphatic carbocycles. The fourth-order valence-corrected chi connectivity index (χ4v) is 1.75. The van der Waals surface area contributed by atoms with Crippen LogP contribution in [-0.4, -0.2) is 44.4 Å². The molecule has 1 N–H and O–H groups in total. The molecule has 0 saturated heterocycles. The van der Waals surface area contributed by atoms with Gasteiger partial charge in [-0.3, -0.25) is 4.90 Å². The molecule has 0 bridgehead atoms. The van der Waals surface area contributed by atoms with Crippen LogP contribution in [0.3, 0.4) is 0 Å². The van der Waals surface area contributed by atoms with E-state index < -0.39 is 0 Å². The third-order valence-electron chi connectivity index (χ3n) is 2.46. The summed E-state index contributed by atoms with van der Waals surface area (Å²) >= 11 is 5.95. The molecule has 0 radical (unpaired) electrons. The number of rotatable bonds is 6. The van der Waals surface area contributed by atoms with Gasteiger partial charge in [0, 0.05) is 36.9 Å². The number of benzene rings is 1. The van der Waals surface area contributed by atoms with Gasteiger partial charge in [0.2, 0.25) is 0 Å². The summed E-state index contributed by atoms with van der Waals surface area (Å²) in [5, 5.41) is 10.5. The Kier molecular flexibility index (Phi) is 5.55. The van der Waals surface area contributed by atoms with E-state index in [9.17, 15) is 5.11 Å². The van der Waals surface area contributed by atoms with E-state index in [1.807, 2.05) is 11.9 Å². The maximum atomic E-state index is 9.95. The molecule has 5 heteroatoms. The van der Waals surface area contributed by atoms with Gasteiger partial charge in [0.25, 0.3) is 0 Å². The van der Waals surface area contributed by atoms with Crippen LogP contribution in [0, 0.1) is 0 Å². The van der Waals surface area contributed by atoms with Crippen molar-refractivity contribution >= 4 is 11.6 Å². The number of ether oxygens (including phenoxy) is 2. The molecule has 0 heterocycles. The molecule has 0 unspecified atom stereocenters. The minimum absolute atomic E-state index is 0.140. The lowest BCUT2D eigenvalue weighted by Gasteiger charge is -2.18. The fraction of sp³-hybridized carbons (Fsp3) is 0.500. The second kappa shape index (κ2) is 6.69. The van der Waals surface area contributed by atoms with E-state index in [1.165, 1.54) is 7.11 Å². The first-order chi connectivity index (χ1) is 8.08. The summed E-state index contributed by atoms with van der Waals surface area (Å²) in [5.41, 5.74) is 0.743. The van der Waals surface area contributed by atoms with Crippen LogP contribution < -0.4 is 4.74 Å². The van der Waals surface area contributed by atoms with E-state index in [0.29, 0.717) is 23.9 Å². The molecule has 17 heavy (non-hydrogen) atoms. The number of nitrogens with zero attached hydrogens (tertiary/aromatic N) is 1. The van der Waals surface area contributed by atoms with E-state index in [1.54, 1.807) is 19.2 Å². The number of hydrogen-bond acceptors (Lipinski definition) is 4. The molecule has 0 atom stereocenters. The van der Waals surface area contributed by atoms with Crippen molar-refractivity contribution in [3.63, 3.8) is 0 Å². The van der Waals surface area contributed by atoms with Crippen LogP contribution >= 0.6 is 11.6 Å². The standard InChI is InChI=1S/C12H18ClNO3/c1-14(4-5-16-2)8-9-6-10(13)7-11(17-3)12(9)15/h6-7,15H,4-5,8H2,1-3H3. The summed E-state index contributed by atoms with van der Waals surface area (Å²) in [7, 11) is 5.11. The summed E-state index contributed by atoms with van der Waals surface area (Å²) in [4.78, 5) is 2.04. The summed E-state index contributed by atoms with van der Waals surface area (Å²) < 4.78 is 10.0. The average Bonchev–Trinajstić information content (AvgIpc) is 2.30. The van der Waals surface area contributed by atoms with Crippen molar-refractivity contribution in [3.05, 3.63) is 22.7 Å². The Bertz CT molecular complexity index is 371. The molecule has 1 rings (SSSR count). The Hall–Kier alpha value is -0.970. The molecular weight excluding hydrogens is 242 g/mol. The third kappa shape index (κ3) is 4.07. The van der Waals surface area contributed by atoms with Gasteiger partial charge in [-0.15, -0.1) is 0 Å². The zero-order valence-corrected chi connectivity index (χ0v) is 11.1. The van der Waals surface area contributed by atoms with Crippen molar-refractivity contribution in [2.45, 2.75) is 6.54 Å². The van der Waals surface area contributed by atoms with Crippen molar-refractivity contribution in [1.29, 1.82) is 0 Å². The van der Waals surface area contributed by atoms with E-state index >= 15 is 0 Å². The Morgan fingerprint density at radius 2 is 2.06 bits per heavy atom.